The lowest BCUT2D eigenvalue weighted by Crippen LogP contribution is -2.40. The summed E-state index contributed by atoms with van der Waals surface area (Å²) in [6.45, 7) is 5.00. The Hall–Kier alpha value is -1.55. The van der Waals surface area contributed by atoms with Gasteiger partial charge in [0, 0.05) is 18.6 Å². The maximum atomic E-state index is 11.8. The number of ether oxygens (including phenoxy) is 1. The average Bonchev–Trinajstić information content (AvgIpc) is 2.90. The number of carbonyl (C=O) groups is 1. The molecule has 1 saturated carbocycles. The van der Waals surface area contributed by atoms with Crippen molar-refractivity contribution in [2.45, 2.75) is 71.1 Å². The quantitative estimate of drug-likeness (QED) is 0.866. The fraction of sp³-hybridized carbons (Fsp3) is 0.650. The molecule has 0 aromatic heterocycles. The van der Waals surface area contributed by atoms with Crippen molar-refractivity contribution in [1.82, 2.24) is 10.6 Å². The monoisotopic (exact) mass is 332 g/mol. The standard InChI is InChI=1S/C18H26N2O2.C2H6/c21-18(22-13-14-7-3-1-4-8-14)19-12-16-11-15-9-5-2-6-10-17(15)20-16;1-2/h1,3-4,7-8,15-17,20H,2,5-6,9-13H2,(H,19,21);1-2H3/t15-,16-,17+;/m0./s1. The minimum Gasteiger partial charge on any atom is -0.445 e. The van der Waals surface area contributed by atoms with Crippen molar-refractivity contribution in [3.8, 4) is 0 Å². The summed E-state index contributed by atoms with van der Waals surface area (Å²) in [6, 6.07) is 10.8. The van der Waals surface area contributed by atoms with Gasteiger partial charge in [-0.15, -0.1) is 0 Å². The third-order valence-electron chi connectivity index (χ3n) is 4.90. The first-order valence-electron chi connectivity index (χ1n) is 9.52. The summed E-state index contributed by atoms with van der Waals surface area (Å²) < 4.78 is 5.25. The summed E-state index contributed by atoms with van der Waals surface area (Å²) >= 11 is 0. The van der Waals surface area contributed by atoms with E-state index in [4.69, 9.17) is 4.74 Å². The molecule has 2 N–H and O–H groups in total. The van der Waals surface area contributed by atoms with E-state index >= 15 is 0 Å². The van der Waals surface area contributed by atoms with Gasteiger partial charge in [0.1, 0.15) is 6.61 Å². The number of carbonyl (C=O) groups excluding carboxylic acids is 1. The molecule has 0 radical (unpaired) electrons. The minimum absolute atomic E-state index is 0.322. The molecule has 3 atom stereocenters. The lowest BCUT2D eigenvalue weighted by molar-refractivity contribution is 0.138. The van der Waals surface area contributed by atoms with E-state index in [0.29, 0.717) is 25.2 Å². The van der Waals surface area contributed by atoms with Gasteiger partial charge in [0.2, 0.25) is 0 Å². The zero-order valence-electron chi connectivity index (χ0n) is 15.1. The van der Waals surface area contributed by atoms with Gasteiger partial charge >= 0.3 is 6.09 Å². The highest BCUT2D eigenvalue weighted by molar-refractivity contribution is 5.67. The number of alkyl carbamates (subject to hydrolysis) is 1. The van der Waals surface area contributed by atoms with Crippen molar-refractivity contribution in [3.63, 3.8) is 0 Å². The zero-order chi connectivity index (χ0) is 17.2. The fourth-order valence-electron chi connectivity index (χ4n) is 3.75. The van der Waals surface area contributed by atoms with E-state index in [1.807, 2.05) is 44.2 Å². The second kappa shape index (κ2) is 10.3. The molecule has 1 aliphatic carbocycles. The van der Waals surface area contributed by atoms with E-state index in [2.05, 4.69) is 10.6 Å². The molecule has 1 amide bonds. The molecular formula is C20H32N2O2. The highest BCUT2D eigenvalue weighted by Gasteiger charge is 2.33. The normalized spacial score (nSPS) is 25.7. The van der Waals surface area contributed by atoms with Crippen LogP contribution in [0.2, 0.25) is 0 Å². The first kappa shape index (κ1) is 18.8. The number of amides is 1. The molecule has 0 spiro atoms. The molecule has 2 fully saturated rings. The van der Waals surface area contributed by atoms with Gasteiger partial charge in [-0.2, -0.15) is 0 Å². The molecule has 3 rings (SSSR count). The van der Waals surface area contributed by atoms with E-state index in [1.165, 1.54) is 38.5 Å². The summed E-state index contributed by atoms with van der Waals surface area (Å²) in [4.78, 5) is 11.8. The highest BCUT2D eigenvalue weighted by atomic mass is 16.5. The Morgan fingerprint density at radius 1 is 1.17 bits per heavy atom. The Balaban J connectivity index is 0.00000100. The van der Waals surface area contributed by atoms with Crippen LogP contribution in [-0.2, 0) is 11.3 Å². The highest BCUT2D eigenvalue weighted by Crippen LogP contribution is 2.31. The Labute approximate surface area is 146 Å². The minimum atomic E-state index is -0.322. The molecule has 4 nitrogen and oxygen atoms in total. The molecule has 24 heavy (non-hydrogen) atoms. The molecule has 1 saturated heterocycles. The van der Waals surface area contributed by atoms with Crippen LogP contribution in [0, 0.1) is 5.92 Å². The Morgan fingerprint density at radius 3 is 2.71 bits per heavy atom. The first-order valence-corrected chi connectivity index (χ1v) is 9.52. The van der Waals surface area contributed by atoms with Crippen LogP contribution in [0.4, 0.5) is 4.79 Å². The van der Waals surface area contributed by atoms with Crippen molar-refractivity contribution in [2.24, 2.45) is 5.92 Å². The van der Waals surface area contributed by atoms with Gasteiger partial charge in [-0.1, -0.05) is 63.4 Å². The second-order valence-electron chi connectivity index (χ2n) is 6.55. The molecule has 134 valence electrons. The predicted octanol–water partition coefficient (Wildman–Crippen LogP) is 4.25. The molecule has 1 aliphatic heterocycles. The molecule has 1 aromatic rings. The third-order valence-corrected chi connectivity index (χ3v) is 4.90. The Morgan fingerprint density at radius 2 is 1.92 bits per heavy atom. The van der Waals surface area contributed by atoms with Crippen LogP contribution < -0.4 is 10.6 Å². The lowest BCUT2D eigenvalue weighted by atomic mass is 9.94. The van der Waals surface area contributed by atoms with Gasteiger partial charge in [-0.3, -0.25) is 0 Å². The number of hydrogen-bond donors (Lipinski definition) is 2. The SMILES string of the molecule is CC.O=C(NC[C@@H]1C[C@@H]2CCCCC[C@H]2N1)OCc1ccccc1. The van der Waals surface area contributed by atoms with Crippen LogP contribution in [0.3, 0.4) is 0 Å². The van der Waals surface area contributed by atoms with Crippen LogP contribution in [-0.4, -0.2) is 24.7 Å². The van der Waals surface area contributed by atoms with Gasteiger partial charge in [-0.25, -0.2) is 4.79 Å². The molecule has 1 heterocycles. The summed E-state index contributed by atoms with van der Waals surface area (Å²) in [7, 11) is 0. The van der Waals surface area contributed by atoms with Gasteiger partial charge in [0.25, 0.3) is 0 Å². The fourth-order valence-corrected chi connectivity index (χ4v) is 3.75. The van der Waals surface area contributed by atoms with Gasteiger partial charge in [0.15, 0.2) is 0 Å². The summed E-state index contributed by atoms with van der Waals surface area (Å²) in [5.74, 6) is 0.801. The molecule has 1 aromatic carbocycles. The van der Waals surface area contributed by atoms with Crippen molar-refractivity contribution in [2.75, 3.05) is 6.54 Å². The van der Waals surface area contributed by atoms with Crippen LogP contribution >= 0.6 is 0 Å². The lowest BCUT2D eigenvalue weighted by Gasteiger charge is -2.15. The van der Waals surface area contributed by atoms with Crippen LogP contribution in [0.25, 0.3) is 0 Å². The van der Waals surface area contributed by atoms with E-state index in [9.17, 15) is 4.79 Å². The van der Waals surface area contributed by atoms with Gasteiger partial charge < -0.3 is 15.4 Å². The first-order chi connectivity index (χ1) is 11.8. The van der Waals surface area contributed by atoms with Crippen molar-refractivity contribution in [3.05, 3.63) is 35.9 Å². The number of hydrogen-bond acceptors (Lipinski definition) is 3. The molecule has 0 unspecified atom stereocenters. The summed E-state index contributed by atoms with van der Waals surface area (Å²) in [6.07, 6.45) is 7.58. The molecule has 0 bridgehead atoms. The van der Waals surface area contributed by atoms with Crippen LogP contribution in [0.5, 0.6) is 0 Å². The smallest absolute Gasteiger partial charge is 0.407 e. The van der Waals surface area contributed by atoms with E-state index in [-0.39, 0.29) is 6.09 Å². The zero-order valence-corrected chi connectivity index (χ0v) is 15.1. The molecular weight excluding hydrogens is 300 g/mol. The number of fused-ring (bicyclic) bond motifs is 1. The van der Waals surface area contributed by atoms with Crippen LogP contribution in [0.1, 0.15) is 57.9 Å². The maximum absolute atomic E-state index is 11.8. The van der Waals surface area contributed by atoms with Crippen molar-refractivity contribution in [1.29, 1.82) is 0 Å². The van der Waals surface area contributed by atoms with Crippen molar-refractivity contribution >= 4 is 6.09 Å². The maximum Gasteiger partial charge on any atom is 0.407 e. The third kappa shape index (κ3) is 5.82. The summed E-state index contributed by atoms with van der Waals surface area (Å²) in [5, 5.41) is 6.59. The van der Waals surface area contributed by atoms with E-state index < -0.39 is 0 Å². The Kier molecular flexibility index (Phi) is 8.10. The number of rotatable bonds is 4. The summed E-state index contributed by atoms with van der Waals surface area (Å²) in [5.41, 5.74) is 1.01. The number of nitrogens with one attached hydrogen (secondary N) is 2. The van der Waals surface area contributed by atoms with Crippen molar-refractivity contribution < 1.29 is 9.53 Å². The average molecular weight is 332 g/mol. The van der Waals surface area contributed by atoms with E-state index in [1.54, 1.807) is 0 Å². The van der Waals surface area contributed by atoms with Gasteiger partial charge in [-0.05, 0) is 30.7 Å². The topological polar surface area (TPSA) is 50.4 Å². The molecule has 4 heteroatoms. The molecule has 2 aliphatic rings. The predicted molar refractivity (Wildman–Crippen MR) is 97.9 cm³/mol. The Bertz CT molecular complexity index is 464. The largest absolute Gasteiger partial charge is 0.445 e. The number of benzene rings is 1. The van der Waals surface area contributed by atoms with Gasteiger partial charge in [0.05, 0.1) is 0 Å². The second-order valence-corrected chi connectivity index (χ2v) is 6.55. The van der Waals surface area contributed by atoms with Crippen LogP contribution in [0.15, 0.2) is 30.3 Å². The van der Waals surface area contributed by atoms with E-state index in [0.717, 1.165) is 11.5 Å².